The fraction of sp³-hybridized carbons (Fsp3) is 0.650. The van der Waals surface area contributed by atoms with Gasteiger partial charge >= 0.3 is 0 Å². The largest absolute Gasteiger partial charge is 0.381 e. The van der Waals surface area contributed by atoms with Crippen LogP contribution in [-0.2, 0) is 25.3 Å². The third kappa shape index (κ3) is 3.77. The molecule has 1 atom stereocenters. The van der Waals surface area contributed by atoms with E-state index in [0.717, 1.165) is 44.3 Å². The monoisotopic (exact) mass is 392 g/mol. The van der Waals surface area contributed by atoms with E-state index in [-0.39, 0.29) is 23.0 Å². The van der Waals surface area contributed by atoms with Gasteiger partial charge in [-0.1, -0.05) is 30.3 Å². The second-order valence-electron chi connectivity index (χ2n) is 8.09. The SMILES string of the molecule is O=C([C@@H]1CN(S(=O)(=O)Cc2ccccc2)CC12CCOCC2)N1CCCC1. The lowest BCUT2D eigenvalue weighted by molar-refractivity contribution is -0.139. The number of rotatable bonds is 4. The molecule has 4 rings (SSSR count). The van der Waals surface area contributed by atoms with Gasteiger partial charge in [0.05, 0.1) is 11.7 Å². The van der Waals surface area contributed by atoms with Crippen molar-refractivity contribution in [1.29, 1.82) is 0 Å². The Labute approximate surface area is 161 Å². The Morgan fingerprint density at radius 2 is 1.78 bits per heavy atom. The molecule has 3 fully saturated rings. The van der Waals surface area contributed by atoms with Crippen molar-refractivity contribution in [2.45, 2.75) is 31.4 Å². The van der Waals surface area contributed by atoms with Crippen LogP contribution in [0.5, 0.6) is 0 Å². The maximum Gasteiger partial charge on any atom is 0.227 e. The van der Waals surface area contributed by atoms with E-state index >= 15 is 0 Å². The number of hydrogen-bond acceptors (Lipinski definition) is 4. The maximum absolute atomic E-state index is 13.2. The van der Waals surface area contributed by atoms with Crippen molar-refractivity contribution >= 4 is 15.9 Å². The topological polar surface area (TPSA) is 66.9 Å². The number of amides is 1. The molecule has 0 radical (unpaired) electrons. The first-order chi connectivity index (χ1) is 13.0. The van der Waals surface area contributed by atoms with Gasteiger partial charge in [-0.3, -0.25) is 4.79 Å². The number of carbonyl (C=O) groups is 1. The summed E-state index contributed by atoms with van der Waals surface area (Å²) in [5.74, 6) is -0.109. The van der Waals surface area contributed by atoms with Gasteiger partial charge in [-0.2, -0.15) is 0 Å². The van der Waals surface area contributed by atoms with Gasteiger partial charge in [0.2, 0.25) is 15.9 Å². The van der Waals surface area contributed by atoms with E-state index in [2.05, 4.69) is 0 Å². The molecule has 0 aromatic heterocycles. The fourth-order valence-corrected chi connectivity index (χ4v) is 6.42. The quantitative estimate of drug-likeness (QED) is 0.785. The van der Waals surface area contributed by atoms with Gasteiger partial charge in [-0.05, 0) is 31.2 Å². The number of sulfonamides is 1. The summed E-state index contributed by atoms with van der Waals surface area (Å²) in [4.78, 5) is 15.2. The summed E-state index contributed by atoms with van der Waals surface area (Å²) < 4.78 is 33.3. The molecule has 27 heavy (non-hydrogen) atoms. The van der Waals surface area contributed by atoms with E-state index in [1.54, 1.807) is 4.31 Å². The van der Waals surface area contributed by atoms with Crippen LogP contribution in [-0.4, -0.2) is 62.9 Å². The molecular weight excluding hydrogens is 364 g/mol. The lowest BCUT2D eigenvalue weighted by Gasteiger charge is -2.38. The second-order valence-corrected chi connectivity index (χ2v) is 10.1. The molecule has 1 spiro atoms. The molecule has 0 N–H and O–H groups in total. The summed E-state index contributed by atoms with van der Waals surface area (Å²) in [6.45, 7) is 3.57. The molecule has 3 aliphatic rings. The van der Waals surface area contributed by atoms with E-state index in [1.807, 2.05) is 35.2 Å². The Balaban J connectivity index is 1.57. The van der Waals surface area contributed by atoms with Crippen molar-refractivity contribution in [1.82, 2.24) is 9.21 Å². The van der Waals surface area contributed by atoms with Crippen LogP contribution in [0.2, 0.25) is 0 Å². The van der Waals surface area contributed by atoms with Gasteiger partial charge in [-0.25, -0.2) is 12.7 Å². The zero-order valence-electron chi connectivity index (χ0n) is 15.7. The van der Waals surface area contributed by atoms with Crippen molar-refractivity contribution < 1.29 is 17.9 Å². The molecule has 7 heteroatoms. The zero-order chi connectivity index (χ0) is 18.9. The van der Waals surface area contributed by atoms with Gasteiger partial charge in [0.15, 0.2) is 0 Å². The molecule has 0 unspecified atom stereocenters. The molecule has 6 nitrogen and oxygen atoms in total. The standard InChI is InChI=1S/C20H28N2O4S/c23-19(21-10-4-5-11-21)18-14-22(16-20(18)8-12-26-13-9-20)27(24,25)15-17-6-2-1-3-7-17/h1-3,6-7,18H,4-5,8-16H2/t18-/m0/s1. The Bertz CT molecular complexity index is 768. The van der Waals surface area contributed by atoms with E-state index in [4.69, 9.17) is 4.74 Å². The van der Waals surface area contributed by atoms with Gasteiger partial charge in [-0.15, -0.1) is 0 Å². The summed E-state index contributed by atoms with van der Waals surface area (Å²) in [5, 5.41) is 0. The first-order valence-corrected chi connectivity index (χ1v) is 11.5. The molecule has 3 aliphatic heterocycles. The minimum atomic E-state index is -3.46. The Kier molecular flexibility index (Phi) is 5.27. The molecule has 3 saturated heterocycles. The van der Waals surface area contributed by atoms with Gasteiger partial charge in [0.25, 0.3) is 0 Å². The number of benzene rings is 1. The van der Waals surface area contributed by atoms with Crippen LogP contribution in [0.1, 0.15) is 31.2 Å². The summed E-state index contributed by atoms with van der Waals surface area (Å²) in [6, 6.07) is 9.27. The second kappa shape index (κ2) is 7.53. The predicted octanol–water partition coefficient (Wildman–Crippen LogP) is 1.87. The molecule has 0 bridgehead atoms. The van der Waals surface area contributed by atoms with Crippen LogP contribution in [0, 0.1) is 11.3 Å². The normalized spacial score (nSPS) is 25.9. The molecule has 1 aromatic carbocycles. The Hall–Kier alpha value is -1.44. The highest BCUT2D eigenvalue weighted by Gasteiger charge is 2.54. The maximum atomic E-state index is 13.2. The van der Waals surface area contributed by atoms with Crippen LogP contribution < -0.4 is 0 Å². The van der Waals surface area contributed by atoms with Crippen molar-refractivity contribution in [2.24, 2.45) is 11.3 Å². The molecule has 1 aromatic rings. The average Bonchev–Trinajstić information content (AvgIpc) is 3.31. The number of ether oxygens (including phenoxy) is 1. The minimum Gasteiger partial charge on any atom is -0.381 e. The number of hydrogen-bond donors (Lipinski definition) is 0. The molecule has 0 aliphatic carbocycles. The van der Waals surface area contributed by atoms with E-state index in [1.165, 1.54) is 0 Å². The van der Waals surface area contributed by atoms with Crippen LogP contribution in [0.25, 0.3) is 0 Å². The van der Waals surface area contributed by atoms with Crippen LogP contribution in [0.3, 0.4) is 0 Å². The highest BCUT2D eigenvalue weighted by molar-refractivity contribution is 7.88. The number of carbonyl (C=O) groups excluding carboxylic acids is 1. The summed E-state index contributed by atoms with van der Waals surface area (Å²) in [7, 11) is -3.46. The zero-order valence-corrected chi connectivity index (χ0v) is 16.5. The highest BCUT2D eigenvalue weighted by atomic mass is 32.2. The fourth-order valence-electron chi connectivity index (χ4n) is 4.79. The summed E-state index contributed by atoms with van der Waals surface area (Å²) in [6.07, 6.45) is 3.61. The predicted molar refractivity (Wildman–Crippen MR) is 102 cm³/mol. The van der Waals surface area contributed by atoms with Crippen LogP contribution >= 0.6 is 0 Å². The Morgan fingerprint density at radius 3 is 2.44 bits per heavy atom. The van der Waals surface area contributed by atoms with Crippen molar-refractivity contribution in [3.63, 3.8) is 0 Å². The molecular formula is C20H28N2O4S. The molecule has 0 saturated carbocycles. The van der Waals surface area contributed by atoms with Crippen molar-refractivity contribution in [2.75, 3.05) is 39.4 Å². The average molecular weight is 393 g/mol. The van der Waals surface area contributed by atoms with Crippen molar-refractivity contribution in [3.8, 4) is 0 Å². The lowest BCUT2D eigenvalue weighted by Crippen LogP contribution is -2.45. The summed E-state index contributed by atoms with van der Waals surface area (Å²) in [5.41, 5.74) is 0.509. The van der Waals surface area contributed by atoms with Crippen LogP contribution in [0.4, 0.5) is 0 Å². The minimum absolute atomic E-state index is 0.00888. The first-order valence-electron chi connectivity index (χ1n) is 9.89. The third-order valence-electron chi connectivity index (χ3n) is 6.41. The summed E-state index contributed by atoms with van der Waals surface area (Å²) >= 11 is 0. The third-order valence-corrected chi connectivity index (χ3v) is 8.17. The molecule has 3 heterocycles. The molecule has 1 amide bonds. The van der Waals surface area contributed by atoms with E-state index in [9.17, 15) is 13.2 Å². The van der Waals surface area contributed by atoms with Crippen LogP contribution in [0.15, 0.2) is 30.3 Å². The Morgan fingerprint density at radius 1 is 1.11 bits per heavy atom. The number of nitrogens with zero attached hydrogens (tertiary/aromatic N) is 2. The smallest absolute Gasteiger partial charge is 0.227 e. The van der Waals surface area contributed by atoms with Gasteiger partial charge in [0, 0.05) is 44.8 Å². The van der Waals surface area contributed by atoms with Gasteiger partial charge in [0.1, 0.15) is 0 Å². The first kappa shape index (κ1) is 18.9. The number of likely N-dealkylation sites (tertiary alicyclic amines) is 1. The highest BCUT2D eigenvalue weighted by Crippen LogP contribution is 2.46. The molecule has 148 valence electrons. The van der Waals surface area contributed by atoms with E-state index in [0.29, 0.717) is 26.3 Å². The van der Waals surface area contributed by atoms with Gasteiger partial charge < -0.3 is 9.64 Å². The van der Waals surface area contributed by atoms with Crippen molar-refractivity contribution in [3.05, 3.63) is 35.9 Å². The lowest BCUT2D eigenvalue weighted by atomic mass is 9.71. The van der Waals surface area contributed by atoms with E-state index < -0.39 is 10.0 Å².